The van der Waals surface area contributed by atoms with Gasteiger partial charge in [-0.1, -0.05) is 0 Å². The molecule has 0 aliphatic rings. The van der Waals surface area contributed by atoms with Gasteiger partial charge in [-0.05, 0) is 12.8 Å². The van der Waals surface area contributed by atoms with Crippen LogP contribution in [0.15, 0.2) is 0 Å². The summed E-state index contributed by atoms with van der Waals surface area (Å²) in [5, 5.41) is 8.47. The summed E-state index contributed by atoms with van der Waals surface area (Å²) in [6, 6.07) is 0. The highest BCUT2D eigenvalue weighted by Crippen LogP contribution is 2.01. The molecule has 0 unspecified atom stereocenters. The van der Waals surface area contributed by atoms with E-state index >= 15 is 0 Å². The number of aliphatic carboxylic acids is 1. The Labute approximate surface area is 154 Å². The molecule has 0 aromatic heterocycles. The Bertz CT molecular complexity index is 336. The first kappa shape index (κ1) is 24.7. The van der Waals surface area contributed by atoms with Gasteiger partial charge in [-0.2, -0.15) is 0 Å². The highest BCUT2D eigenvalue weighted by atomic mass is 16.6. The van der Waals surface area contributed by atoms with Gasteiger partial charge in [-0.25, -0.2) is 0 Å². The Morgan fingerprint density at radius 1 is 0.654 bits per heavy atom. The Balaban J connectivity index is 3.12. The standard InChI is InChI=1S/C17H32O9/c1-21-6-7-22-8-9-23-10-11-24-12-13-25-14-15-26-17(20)5-3-2-4-16(18)19/h2-15H2,1H3,(H,18,19). The first-order valence-electron chi connectivity index (χ1n) is 8.84. The van der Waals surface area contributed by atoms with Gasteiger partial charge in [-0.15, -0.1) is 0 Å². The minimum atomic E-state index is -0.854. The van der Waals surface area contributed by atoms with E-state index in [1.165, 1.54) is 0 Å². The Kier molecular flexibility index (Phi) is 19.1. The molecule has 1 N–H and O–H groups in total. The van der Waals surface area contributed by atoms with Crippen LogP contribution in [0.3, 0.4) is 0 Å². The van der Waals surface area contributed by atoms with Crippen molar-refractivity contribution in [1.29, 1.82) is 0 Å². The topological polar surface area (TPSA) is 110 Å². The SMILES string of the molecule is COCCOCCOCCOCCOCCOC(=O)CCCCC(=O)O. The van der Waals surface area contributed by atoms with Crippen molar-refractivity contribution in [3.63, 3.8) is 0 Å². The third-order valence-corrected chi connectivity index (χ3v) is 3.06. The molecule has 0 aromatic rings. The van der Waals surface area contributed by atoms with Gasteiger partial charge in [0.1, 0.15) is 6.61 Å². The molecule has 0 rings (SSSR count). The molecular formula is C17H32O9. The third kappa shape index (κ3) is 20.8. The molecule has 0 spiro atoms. The number of carboxylic acid groups (broad SMARTS) is 1. The van der Waals surface area contributed by atoms with E-state index in [4.69, 9.17) is 33.5 Å². The molecule has 0 atom stereocenters. The zero-order valence-electron chi connectivity index (χ0n) is 15.6. The lowest BCUT2D eigenvalue weighted by Gasteiger charge is -2.08. The van der Waals surface area contributed by atoms with E-state index in [1.807, 2.05) is 0 Å². The maximum Gasteiger partial charge on any atom is 0.305 e. The minimum Gasteiger partial charge on any atom is -0.481 e. The van der Waals surface area contributed by atoms with Gasteiger partial charge in [-0.3, -0.25) is 9.59 Å². The Morgan fingerprint density at radius 2 is 1.08 bits per heavy atom. The van der Waals surface area contributed by atoms with Crippen molar-refractivity contribution >= 4 is 11.9 Å². The van der Waals surface area contributed by atoms with Crippen LogP contribution in [-0.4, -0.2) is 90.2 Å². The van der Waals surface area contributed by atoms with Gasteiger partial charge >= 0.3 is 11.9 Å². The lowest BCUT2D eigenvalue weighted by Crippen LogP contribution is -2.14. The maximum absolute atomic E-state index is 11.3. The fraction of sp³-hybridized carbons (Fsp3) is 0.882. The average molecular weight is 380 g/mol. The number of rotatable bonds is 20. The van der Waals surface area contributed by atoms with Gasteiger partial charge in [0.25, 0.3) is 0 Å². The number of ether oxygens (including phenoxy) is 6. The average Bonchev–Trinajstić information content (AvgIpc) is 2.62. The Hall–Kier alpha value is -1.26. The number of methoxy groups -OCH3 is 1. The summed E-state index contributed by atoms with van der Waals surface area (Å²) in [5.74, 6) is -1.19. The van der Waals surface area contributed by atoms with E-state index in [2.05, 4.69) is 0 Å². The molecule has 0 aliphatic heterocycles. The first-order valence-corrected chi connectivity index (χ1v) is 8.84. The van der Waals surface area contributed by atoms with Crippen LogP contribution in [0.5, 0.6) is 0 Å². The van der Waals surface area contributed by atoms with E-state index in [0.717, 1.165) is 0 Å². The van der Waals surface area contributed by atoms with Gasteiger partial charge in [0, 0.05) is 20.0 Å². The number of carbonyl (C=O) groups is 2. The maximum atomic E-state index is 11.3. The molecule has 0 aliphatic carbocycles. The highest BCUT2D eigenvalue weighted by Gasteiger charge is 2.04. The fourth-order valence-corrected chi connectivity index (χ4v) is 1.74. The van der Waals surface area contributed by atoms with Crippen LogP contribution in [0.2, 0.25) is 0 Å². The fourth-order valence-electron chi connectivity index (χ4n) is 1.74. The van der Waals surface area contributed by atoms with Gasteiger partial charge < -0.3 is 33.5 Å². The molecule has 0 heterocycles. The lowest BCUT2D eigenvalue weighted by molar-refractivity contribution is -0.146. The summed E-state index contributed by atoms with van der Waals surface area (Å²) in [4.78, 5) is 21.7. The smallest absolute Gasteiger partial charge is 0.305 e. The summed E-state index contributed by atoms with van der Waals surface area (Å²) in [5.41, 5.74) is 0. The van der Waals surface area contributed by atoms with Crippen molar-refractivity contribution in [1.82, 2.24) is 0 Å². The van der Waals surface area contributed by atoms with Crippen LogP contribution in [0.4, 0.5) is 0 Å². The monoisotopic (exact) mass is 380 g/mol. The van der Waals surface area contributed by atoms with E-state index in [0.29, 0.717) is 72.3 Å². The molecule has 9 nitrogen and oxygen atoms in total. The largest absolute Gasteiger partial charge is 0.481 e. The molecule has 26 heavy (non-hydrogen) atoms. The van der Waals surface area contributed by atoms with Crippen LogP contribution >= 0.6 is 0 Å². The van der Waals surface area contributed by atoms with Crippen LogP contribution in [0.25, 0.3) is 0 Å². The summed E-state index contributed by atoms with van der Waals surface area (Å²) in [6.45, 7) is 4.51. The van der Waals surface area contributed by atoms with E-state index in [1.54, 1.807) is 7.11 Å². The van der Waals surface area contributed by atoms with Crippen molar-refractivity contribution in [2.24, 2.45) is 0 Å². The predicted octanol–water partition coefficient (Wildman–Crippen LogP) is 0.887. The lowest BCUT2D eigenvalue weighted by atomic mass is 10.2. The number of carboxylic acids is 1. The second kappa shape index (κ2) is 20.1. The van der Waals surface area contributed by atoms with E-state index in [-0.39, 0.29) is 25.4 Å². The molecular weight excluding hydrogens is 348 g/mol. The summed E-state index contributed by atoms with van der Waals surface area (Å²) in [7, 11) is 1.63. The molecule has 154 valence electrons. The van der Waals surface area contributed by atoms with Gasteiger partial charge in [0.15, 0.2) is 0 Å². The number of hydrogen-bond donors (Lipinski definition) is 1. The molecule has 0 amide bonds. The van der Waals surface area contributed by atoms with Crippen molar-refractivity contribution in [3.8, 4) is 0 Å². The molecule has 0 bridgehead atoms. The molecule has 0 fully saturated rings. The van der Waals surface area contributed by atoms with Crippen LogP contribution < -0.4 is 0 Å². The normalized spacial score (nSPS) is 10.8. The van der Waals surface area contributed by atoms with Crippen molar-refractivity contribution in [2.75, 3.05) is 73.2 Å². The number of carbonyl (C=O) groups excluding carboxylic acids is 1. The highest BCUT2D eigenvalue weighted by molar-refractivity contribution is 5.69. The Morgan fingerprint density at radius 3 is 1.54 bits per heavy atom. The summed E-state index contributed by atoms with van der Waals surface area (Å²) >= 11 is 0. The van der Waals surface area contributed by atoms with Crippen LogP contribution in [0, 0.1) is 0 Å². The zero-order chi connectivity index (χ0) is 19.3. The third-order valence-electron chi connectivity index (χ3n) is 3.06. The molecule has 0 radical (unpaired) electrons. The van der Waals surface area contributed by atoms with Crippen molar-refractivity contribution < 1.29 is 43.1 Å². The van der Waals surface area contributed by atoms with Crippen LogP contribution in [0.1, 0.15) is 25.7 Å². The quantitative estimate of drug-likeness (QED) is 0.243. The minimum absolute atomic E-state index is 0.0730. The zero-order valence-corrected chi connectivity index (χ0v) is 15.6. The number of esters is 1. The number of unbranched alkanes of at least 4 members (excludes halogenated alkanes) is 1. The van der Waals surface area contributed by atoms with Crippen molar-refractivity contribution in [2.45, 2.75) is 25.7 Å². The van der Waals surface area contributed by atoms with Crippen molar-refractivity contribution in [3.05, 3.63) is 0 Å². The second-order valence-electron chi connectivity index (χ2n) is 5.26. The van der Waals surface area contributed by atoms with Gasteiger partial charge in [0.05, 0.1) is 59.5 Å². The molecule has 0 saturated heterocycles. The van der Waals surface area contributed by atoms with Gasteiger partial charge in [0.2, 0.25) is 0 Å². The predicted molar refractivity (Wildman–Crippen MR) is 92.2 cm³/mol. The first-order chi connectivity index (χ1) is 12.7. The van der Waals surface area contributed by atoms with Crippen LogP contribution in [-0.2, 0) is 38.0 Å². The van der Waals surface area contributed by atoms with E-state index < -0.39 is 5.97 Å². The molecule has 0 aromatic carbocycles. The van der Waals surface area contributed by atoms with E-state index in [9.17, 15) is 9.59 Å². The molecule has 0 saturated carbocycles. The molecule has 9 heteroatoms. The summed E-state index contributed by atoms with van der Waals surface area (Å²) in [6.07, 6.45) is 1.29. The summed E-state index contributed by atoms with van der Waals surface area (Å²) < 4.78 is 31.0. The number of hydrogen-bond acceptors (Lipinski definition) is 8. The second-order valence-corrected chi connectivity index (χ2v) is 5.26.